The fourth-order valence-corrected chi connectivity index (χ4v) is 1.95. The van der Waals surface area contributed by atoms with Crippen molar-refractivity contribution >= 4 is 29.2 Å². The van der Waals surface area contributed by atoms with Gasteiger partial charge in [-0.3, -0.25) is 9.59 Å². The Hall–Kier alpha value is 0.742. The topological polar surface area (TPSA) is 81.7 Å². The number of rotatable bonds is 13. The Balaban J connectivity index is -0.000000667. The summed E-state index contributed by atoms with van der Waals surface area (Å²) in [6.07, 6.45) is 2.45. The van der Waals surface area contributed by atoms with Gasteiger partial charge in [0.25, 0.3) is 0 Å². The predicted octanol–water partition coefficient (Wildman–Crippen LogP) is 1.27. The minimum atomic E-state index is -0.539. The van der Waals surface area contributed by atoms with E-state index < -0.39 is 6.04 Å². The average molecular weight is 607 g/mol. The van der Waals surface area contributed by atoms with E-state index in [-0.39, 0.29) is 91.7 Å². The third-order valence-electron chi connectivity index (χ3n) is 2.50. The van der Waals surface area contributed by atoms with Gasteiger partial charge in [0.2, 0.25) is 5.91 Å². The number of carbonyl (C=O) groups excluding carboxylic acids is 3. The van der Waals surface area contributed by atoms with Gasteiger partial charge in [0.1, 0.15) is 5.78 Å². The molecule has 1 radical (unpaired) electrons. The fraction of sp³-hybridized carbons (Fsp3) is 0.733. The average Bonchev–Trinajstić information content (AvgIpc) is 2.40. The van der Waals surface area contributed by atoms with Crippen molar-refractivity contribution in [3.8, 4) is 0 Å². The zero-order chi connectivity index (χ0) is 16.1. The molecule has 0 aromatic carbocycles. The molecule has 1 unspecified atom stereocenters. The van der Waals surface area contributed by atoms with Crippen molar-refractivity contribution in [1.82, 2.24) is 5.32 Å². The molecule has 0 aromatic rings. The largest absolute Gasteiger partial charge is 0.379 e. The molecule has 0 aromatic heterocycles. The van der Waals surface area contributed by atoms with Crippen molar-refractivity contribution in [3.05, 3.63) is 6.92 Å². The van der Waals surface area contributed by atoms with Crippen LogP contribution in [0, 0.1) is 6.92 Å². The monoisotopic (exact) mass is 607 g/mol. The molecule has 9 heteroatoms. The number of amides is 1. The van der Waals surface area contributed by atoms with E-state index in [1.54, 1.807) is 0 Å². The first kappa shape index (κ1) is 32.4. The van der Waals surface area contributed by atoms with Crippen LogP contribution >= 0.6 is 11.8 Å². The van der Waals surface area contributed by atoms with E-state index in [0.29, 0.717) is 32.0 Å². The molecule has 0 saturated carbocycles. The summed E-state index contributed by atoms with van der Waals surface area (Å²) in [6.45, 7) is 6.25. The molecule has 0 aliphatic carbocycles. The Bertz CT molecular complexity index is 348. The molecule has 1 atom stereocenters. The fourth-order valence-electron chi connectivity index (χ4n) is 1.35. The summed E-state index contributed by atoms with van der Waals surface area (Å²) in [4.78, 5) is 33.4. The molecular formula is C15H28NO5SWY-. The van der Waals surface area contributed by atoms with Gasteiger partial charge < -0.3 is 26.5 Å². The van der Waals surface area contributed by atoms with Gasteiger partial charge in [-0.2, -0.15) is 11.8 Å². The summed E-state index contributed by atoms with van der Waals surface area (Å²) in [6, 6.07) is -0.539. The number of carbonyl (C=O) groups is 3. The van der Waals surface area contributed by atoms with Crippen LogP contribution in [0.5, 0.6) is 0 Å². The van der Waals surface area contributed by atoms with E-state index in [9.17, 15) is 14.4 Å². The summed E-state index contributed by atoms with van der Waals surface area (Å²) in [5.41, 5.74) is 0. The molecule has 6 nitrogen and oxygen atoms in total. The van der Waals surface area contributed by atoms with Gasteiger partial charge in [-0.25, -0.2) is 0 Å². The molecule has 1 amide bonds. The van der Waals surface area contributed by atoms with Crippen LogP contribution in [0.1, 0.15) is 27.2 Å². The Morgan fingerprint density at radius 2 is 1.58 bits per heavy atom. The molecule has 24 heavy (non-hydrogen) atoms. The first-order valence-electron chi connectivity index (χ1n) is 6.76. The quantitative estimate of drug-likeness (QED) is 0.251. The predicted molar refractivity (Wildman–Crippen MR) is 89.0 cm³/mol. The molecule has 0 fully saturated rings. The standard InChI is InChI=1S/C14H24NO5S.CH4.W.Y/c1-11(16)4-6-19-8-9-20-7-5-14(18)15-13(10-21-3)12(2)17;;;/h13H,2,4-10H2,1,3H3,(H,15,18);1H4;;/q-1;;;. The molecule has 0 bridgehead atoms. The Morgan fingerprint density at radius 1 is 1.08 bits per heavy atom. The molecule has 0 aliphatic rings. The van der Waals surface area contributed by atoms with Crippen LogP contribution in [-0.4, -0.2) is 62.0 Å². The van der Waals surface area contributed by atoms with Crippen LogP contribution in [0.3, 0.4) is 0 Å². The van der Waals surface area contributed by atoms with Crippen molar-refractivity contribution in [3.63, 3.8) is 0 Å². The number of hydrogen-bond acceptors (Lipinski definition) is 6. The molecule has 0 aliphatic heterocycles. The van der Waals surface area contributed by atoms with Gasteiger partial charge in [0.15, 0.2) is 0 Å². The summed E-state index contributed by atoms with van der Waals surface area (Å²) >= 11 is 1.47. The van der Waals surface area contributed by atoms with E-state index in [1.165, 1.54) is 18.7 Å². The summed E-state index contributed by atoms with van der Waals surface area (Å²) < 4.78 is 10.4. The number of nitrogens with one attached hydrogen (secondary N) is 1. The smallest absolute Gasteiger partial charge is 0.222 e. The van der Waals surface area contributed by atoms with Crippen LogP contribution in [-0.2, 0) is 77.6 Å². The molecule has 139 valence electrons. The normalized spacial score (nSPS) is 10.4. The maximum atomic E-state index is 11.6. The maximum absolute atomic E-state index is 11.6. The number of thioether (sulfide) groups is 1. The van der Waals surface area contributed by atoms with Gasteiger partial charge in [-0.05, 0) is 13.2 Å². The van der Waals surface area contributed by atoms with Crippen LogP contribution in [0.25, 0.3) is 0 Å². The molecule has 0 heterocycles. The molecule has 1 N–H and O–H groups in total. The van der Waals surface area contributed by atoms with E-state index in [1.807, 2.05) is 6.26 Å². The van der Waals surface area contributed by atoms with Gasteiger partial charge in [-0.1, -0.05) is 7.43 Å². The van der Waals surface area contributed by atoms with Gasteiger partial charge in [-0.15, -0.1) is 0 Å². The molecule has 0 saturated heterocycles. The molecule has 0 rings (SSSR count). The summed E-state index contributed by atoms with van der Waals surface area (Å²) in [5.74, 6) is 0.0761. The van der Waals surface area contributed by atoms with Gasteiger partial charge >= 0.3 is 0 Å². The van der Waals surface area contributed by atoms with E-state index in [2.05, 4.69) is 12.2 Å². The van der Waals surface area contributed by atoms with E-state index >= 15 is 0 Å². The number of Topliss-reactive ketones (excluding diaryl/α,β-unsaturated/α-hetero) is 2. The van der Waals surface area contributed by atoms with E-state index in [0.717, 1.165) is 0 Å². The Kier molecular flexibility index (Phi) is 29.4. The minimum absolute atomic E-state index is 0. The zero-order valence-corrected chi connectivity index (χ0v) is 20.3. The van der Waals surface area contributed by atoms with Gasteiger partial charge in [0.05, 0.1) is 32.5 Å². The molecular weight excluding hydrogens is 579 g/mol. The van der Waals surface area contributed by atoms with Crippen molar-refractivity contribution in [2.75, 3.05) is 38.4 Å². The zero-order valence-electron chi connectivity index (χ0n) is 13.7. The summed E-state index contributed by atoms with van der Waals surface area (Å²) in [7, 11) is 0. The second kappa shape index (κ2) is 21.8. The SMILES string of the molecule is C.[CH2-]C(=O)C(CSC)NC(=O)CCOCCOCCC(C)=O.[W].[Y]. The molecule has 0 spiro atoms. The van der Waals surface area contributed by atoms with Crippen molar-refractivity contribution in [1.29, 1.82) is 0 Å². The van der Waals surface area contributed by atoms with Crippen LogP contribution < -0.4 is 5.32 Å². The third kappa shape index (κ3) is 20.8. The van der Waals surface area contributed by atoms with Crippen molar-refractivity contribution < 1.29 is 77.6 Å². The summed E-state index contributed by atoms with van der Waals surface area (Å²) in [5, 5.41) is 2.62. The minimum Gasteiger partial charge on any atom is -0.379 e. The van der Waals surface area contributed by atoms with Crippen molar-refractivity contribution in [2.45, 2.75) is 33.2 Å². The number of ether oxygens (including phenoxy) is 2. The van der Waals surface area contributed by atoms with Crippen LogP contribution in [0.15, 0.2) is 0 Å². The maximum Gasteiger partial charge on any atom is 0.222 e. The second-order valence-corrected chi connectivity index (χ2v) is 5.38. The van der Waals surface area contributed by atoms with Crippen molar-refractivity contribution in [2.24, 2.45) is 0 Å². The second-order valence-electron chi connectivity index (χ2n) is 4.47. The Labute approximate surface area is 189 Å². The first-order valence-corrected chi connectivity index (χ1v) is 8.15. The third-order valence-corrected chi connectivity index (χ3v) is 3.17. The van der Waals surface area contributed by atoms with E-state index in [4.69, 9.17) is 9.47 Å². The number of hydrogen-bond donors (Lipinski definition) is 1. The first-order chi connectivity index (χ1) is 9.97. The number of ketones is 2. The van der Waals surface area contributed by atoms with Crippen LogP contribution in [0.4, 0.5) is 0 Å². The van der Waals surface area contributed by atoms with Crippen LogP contribution in [0.2, 0.25) is 0 Å². The van der Waals surface area contributed by atoms with Gasteiger partial charge in [0, 0.05) is 78.2 Å². The Morgan fingerprint density at radius 3 is 2.00 bits per heavy atom.